The molecule has 0 fully saturated rings. The van der Waals surface area contributed by atoms with E-state index >= 15 is 0 Å². The highest BCUT2D eigenvalue weighted by atomic mass is 16.2. The first-order chi connectivity index (χ1) is 5.25. The molecule has 0 aromatic rings. The van der Waals surface area contributed by atoms with E-state index in [1.807, 2.05) is 0 Å². The molecule has 2 N–H and O–H groups in total. The largest absolute Gasteiger partial charge is 0.355 e. The molecule has 0 unspecified atom stereocenters. The van der Waals surface area contributed by atoms with Crippen LogP contribution in [-0.4, -0.2) is 28.8 Å². The molecule has 0 aliphatic carbocycles. The van der Waals surface area contributed by atoms with Gasteiger partial charge in [-0.05, 0) is 6.08 Å². The topological polar surface area (TPSA) is 79.0 Å². The first-order valence-corrected chi connectivity index (χ1v) is 2.79. The van der Waals surface area contributed by atoms with Crippen molar-refractivity contribution < 1.29 is 9.59 Å². The van der Waals surface area contributed by atoms with Gasteiger partial charge in [0.1, 0.15) is 0 Å². The van der Waals surface area contributed by atoms with Gasteiger partial charge in [0.05, 0.1) is 6.21 Å². The van der Waals surface area contributed by atoms with Crippen molar-refractivity contribution in [2.75, 3.05) is 0 Å². The van der Waals surface area contributed by atoms with E-state index in [4.69, 9.17) is 5.73 Å². The maximum atomic E-state index is 10.5. The van der Waals surface area contributed by atoms with Crippen LogP contribution in [-0.2, 0) is 4.79 Å². The number of nitrogens with zero attached hydrogens (tertiary/aromatic N) is 3. The summed E-state index contributed by atoms with van der Waals surface area (Å²) in [5.41, 5.74) is 4.87. The number of amides is 3. The number of primary amides is 1. The van der Waals surface area contributed by atoms with Crippen LogP contribution in [0.25, 0.3) is 0 Å². The van der Waals surface area contributed by atoms with Crippen LogP contribution in [0.2, 0.25) is 0 Å². The molecule has 1 rings (SSSR count). The fourth-order valence-corrected chi connectivity index (χ4v) is 0.602. The number of hydrazone groups is 1. The van der Waals surface area contributed by atoms with Gasteiger partial charge in [0.2, 0.25) is 6.41 Å². The summed E-state index contributed by atoms with van der Waals surface area (Å²) in [5.74, 6) is 0. The van der Waals surface area contributed by atoms with Gasteiger partial charge in [-0.2, -0.15) is 5.10 Å². The smallest absolute Gasteiger partial charge is 0.348 e. The molecule has 0 saturated heterocycles. The van der Waals surface area contributed by atoms with Crippen LogP contribution >= 0.6 is 0 Å². The van der Waals surface area contributed by atoms with E-state index in [9.17, 15) is 9.59 Å². The highest BCUT2D eigenvalue weighted by molar-refractivity contribution is 5.79. The lowest BCUT2D eigenvalue weighted by Gasteiger charge is -2.23. The first-order valence-electron chi connectivity index (χ1n) is 2.79. The Morgan fingerprint density at radius 1 is 1.64 bits per heavy atom. The zero-order valence-corrected chi connectivity index (χ0v) is 5.54. The summed E-state index contributed by atoms with van der Waals surface area (Å²) >= 11 is 0. The first kappa shape index (κ1) is 7.26. The van der Waals surface area contributed by atoms with Crippen LogP contribution in [0.15, 0.2) is 17.4 Å². The average Bonchev–Trinajstić information content (AvgIpc) is 2.04. The van der Waals surface area contributed by atoms with Gasteiger partial charge in [-0.1, -0.05) is 0 Å². The maximum Gasteiger partial charge on any atom is 0.355 e. The van der Waals surface area contributed by atoms with Crippen LogP contribution < -0.4 is 5.73 Å². The van der Waals surface area contributed by atoms with E-state index in [1.54, 1.807) is 0 Å². The van der Waals surface area contributed by atoms with Gasteiger partial charge in [0.15, 0.2) is 0 Å². The third-order valence-electron chi connectivity index (χ3n) is 1.02. The van der Waals surface area contributed by atoms with Crippen LogP contribution in [0, 0.1) is 0 Å². The number of nitrogens with two attached hydrogens (primary N) is 1. The summed E-state index contributed by atoms with van der Waals surface area (Å²) in [6.45, 7) is 0. The number of urea groups is 1. The number of rotatable bonds is 1. The summed E-state index contributed by atoms with van der Waals surface area (Å²) in [6.07, 6.45) is 4.65. The fourth-order valence-electron chi connectivity index (χ4n) is 0.602. The normalized spacial score (nSPS) is 15.3. The molecule has 3 amide bonds. The summed E-state index contributed by atoms with van der Waals surface area (Å²) in [4.78, 5) is 20.7. The van der Waals surface area contributed by atoms with E-state index in [1.165, 1.54) is 18.5 Å². The highest BCUT2D eigenvalue weighted by Crippen LogP contribution is 1.99. The van der Waals surface area contributed by atoms with Crippen LogP contribution in [0.5, 0.6) is 0 Å². The Bertz CT molecular complexity index is 235. The molecule has 1 heterocycles. The second kappa shape index (κ2) is 2.82. The van der Waals surface area contributed by atoms with E-state index in [0.717, 1.165) is 10.1 Å². The molecule has 11 heavy (non-hydrogen) atoms. The van der Waals surface area contributed by atoms with Crippen molar-refractivity contribution in [1.82, 2.24) is 10.1 Å². The molecule has 0 spiro atoms. The molecule has 1 aliphatic rings. The fraction of sp³-hybridized carbons (Fsp3) is 0. The molecule has 58 valence electrons. The predicted octanol–water partition coefficient (Wildman–Crippen LogP) is -0.746. The summed E-state index contributed by atoms with van der Waals surface area (Å²) < 4.78 is 0. The lowest BCUT2D eigenvalue weighted by molar-refractivity contribution is -0.124. The predicted molar refractivity (Wildman–Crippen MR) is 37.0 cm³/mol. The summed E-state index contributed by atoms with van der Waals surface area (Å²) in [7, 11) is 0. The van der Waals surface area contributed by atoms with Gasteiger partial charge in [-0.15, -0.1) is 5.12 Å². The molecule has 0 radical (unpaired) electrons. The molecule has 6 nitrogen and oxygen atoms in total. The Morgan fingerprint density at radius 2 is 2.36 bits per heavy atom. The Labute approximate surface area is 62.5 Å². The standard InChI is InChI=1S/C5H6N4O2/c6-5(11)9-7-2-1-3-8(9)4-10/h1-4H,(H2,6,11). The summed E-state index contributed by atoms with van der Waals surface area (Å²) in [5, 5.41) is 5.20. The second-order valence-electron chi connectivity index (χ2n) is 1.72. The van der Waals surface area contributed by atoms with E-state index in [2.05, 4.69) is 5.10 Å². The van der Waals surface area contributed by atoms with Crippen molar-refractivity contribution in [2.24, 2.45) is 10.8 Å². The third-order valence-corrected chi connectivity index (χ3v) is 1.02. The van der Waals surface area contributed by atoms with Crippen LogP contribution in [0.1, 0.15) is 0 Å². The van der Waals surface area contributed by atoms with Crippen molar-refractivity contribution in [3.05, 3.63) is 12.3 Å². The Hall–Kier alpha value is -1.85. The monoisotopic (exact) mass is 154 g/mol. The minimum atomic E-state index is -0.808. The summed E-state index contributed by atoms with van der Waals surface area (Å²) in [6, 6.07) is -0.808. The number of hydrazine groups is 1. The van der Waals surface area contributed by atoms with Gasteiger partial charge in [-0.3, -0.25) is 4.79 Å². The Kier molecular flexibility index (Phi) is 1.86. The van der Waals surface area contributed by atoms with Gasteiger partial charge in [0, 0.05) is 6.20 Å². The molecule has 0 aromatic carbocycles. The zero-order valence-electron chi connectivity index (χ0n) is 5.54. The third kappa shape index (κ3) is 1.34. The number of carbonyl (C=O) groups excluding carboxylic acids is 2. The molecule has 0 bridgehead atoms. The van der Waals surface area contributed by atoms with E-state index in [0.29, 0.717) is 6.41 Å². The number of hydrogen-bond donors (Lipinski definition) is 1. The minimum absolute atomic E-state index is 0.428. The van der Waals surface area contributed by atoms with Crippen molar-refractivity contribution in [3.8, 4) is 0 Å². The van der Waals surface area contributed by atoms with Gasteiger partial charge in [-0.25, -0.2) is 9.80 Å². The van der Waals surface area contributed by atoms with Gasteiger partial charge in [0.25, 0.3) is 0 Å². The highest BCUT2D eigenvalue weighted by Gasteiger charge is 2.15. The molecular formula is C5H6N4O2. The lowest BCUT2D eigenvalue weighted by atomic mass is 10.6. The molecule has 1 aliphatic heterocycles. The van der Waals surface area contributed by atoms with E-state index in [-0.39, 0.29) is 0 Å². The molecule has 0 saturated carbocycles. The van der Waals surface area contributed by atoms with Crippen molar-refractivity contribution in [1.29, 1.82) is 0 Å². The van der Waals surface area contributed by atoms with E-state index < -0.39 is 6.03 Å². The van der Waals surface area contributed by atoms with Crippen LogP contribution in [0.3, 0.4) is 0 Å². The molecule has 6 heteroatoms. The number of hydrogen-bond acceptors (Lipinski definition) is 3. The lowest BCUT2D eigenvalue weighted by Crippen LogP contribution is -2.43. The van der Waals surface area contributed by atoms with Gasteiger partial charge < -0.3 is 5.73 Å². The molecule has 0 aromatic heterocycles. The average molecular weight is 154 g/mol. The van der Waals surface area contributed by atoms with Crippen molar-refractivity contribution in [2.45, 2.75) is 0 Å². The van der Waals surface area contributed by atoms with Crippen molar-refractivity contribution >= 4 is 18.7 Å². The zero-order chi connectivity index (χ0) is 8.27. The molecule has 0 atom stereocenters. The van der Waals surface area contributed by atoms with Gasteiger partial charge >= 0.3 is 6.03 Å². The second-order valence-corrected chi connectivity index (χ2v) is 1.72. The maximum absolute atomic E-state index is 10.5. The SMILES string of the molecule is NC(=O)N1N=CC=CN1C=O. The molecular weight excluding hydrogens is 148 g/mol. The Balaban J connectivity index is 2.78. The minimum Gasteiger partial charge on any atom is -0.348 e. The number of allylic oxidation sites excluding steroid dienone is 1. The van der Waals surface area contributed by atoms with Crippen LogP contribution in [0.4, 0.5) is 4.79 Å². The quantitative estimate of drug-likeness (QED) is 0.504. The number of carbonyl (C=O) groups is 2. The Morgan fingerprint density at radius 3 is 2.82 bits per heavy atom. The van der Waals surface area contributed by atoms with Crippen molar-refractivity contribution in [3.63, 3.8) is 0 Å².